The zero-order chi connectivity index (χ0) is 11.5. The molecule has 0 aliphatic heterocycles. The first-order valence-corrected chi connectivity index (χ1v) is 5.46. The fourth-order valence-corrected chi connectivity index (χ4v) is 2.42. The summed E-state index contributed by atoms with van der Waals surface area (Å²) in [7, 11) is 4.03. The monoisotopic (exact) mass is 207 g/mol. The molecule has 0 heterocycles. The smallest absolute Gasteiger partial charge is 0.0737 e. The number of nitrogens with zero attached hydrogens (tertiary/aromatic N) is 1. The highest BCUT2D eigenvalue weighted by Crippen LogP contribution is 2.33. The van der Waals surface area contributed by atoms with Crippen molar-refractivity contribution in [2.24, 2.45) is 0 Å². The number of aliphatic hydroxyl groups excluding tert-OH is 1. The Hall–Kier alpha value is -0.860. The van der Waals surface area contributed by atoms with Crippen LogP contribution in [0.3, 0.4) is 0 Å². The van der Waals surface area contributed by atoms with Crippen molar-refractivity contribution >= 4 is 0 Å². The van der Waals surface area contributed by atoms with E-state index in [1.54, 1.807) is 0 Å². The lowest BCUT2D eigenvalue weighted by molar-refractivity contribution is -0.00270. The third kappa shape index (κ3) is 2.06. The van der Waals surface area contributed by atoms with Crippen LogP contribution in [0.25, 0.3) is 0 Å². The summed E-state index contributed by atoms with van der Waals surface area (Å²) in [5.41, 5.74) is 0.897. The number of hydrogen-bond acceptors (Lipinski definition) is 2. The van der Waals surface area contributed by atoms with Crippen LogP contribution in [0.4, 0.5) is 0 Å². The lowest BCUT2D eigenvalue weighted by Crippen LogP contribution is -2.49. The molecule has 1 rings (SSSR count). The molecule has 0 fully saturated rings. The zero-order valence-corrected chi connectivity index (χ0v) is 10.1. The molecule has 0 aromatic heterocycles. The minimum absolute atomic E-state index is 0.277. The van der Waals surface area contributed by atoms with Crippen LogP contribution in [0.1, 0.15) is 25.8 Å². The van der Waals surface area contributed by atoms with Gasteiger partial charge in [-0.1, -0.05) is 37.3 Å². The van der Waals surface area contributed by atoms with E-state index in [0.29, 0.717) is 0 Å². The Morgan fingerprint density at radius 1 is 1.27 bits per heavy atom. The van der Waals surface area contributed by atoms with Gasteiger partial charge in [-0.15, -0.1) is 0 Å². The van der Waals surface area contributed by atoms with Gasteiger partial charge >= 0.3 is 0 Å². The second-order valence-electron chi connectivity index (χ2n) is 4.21. The Morgan fingerprint density at radius 3 is 2.13 bits per heavy atom. The molecule has 2 heteroatoms. The molecule has 84 valence electrons. The molecule has 15 heavy (non-hydrogen) atoms. The molecular weight excluding hydrogens is 186 g/mol. The molecule has 2 atom stereocenters. The number of likely N-dealkylation sites (N-methyl/N-ethyl adjacent to an activating group) is 1. The predicted molar refractivity (Wildman–Crippen MR) is 63.8 cm³/mol. The first kappa shape index (κ1) is 12.2. The highest BCUT2D eigenvalue weighted by atomic mass is 16.3. The van der Waals surface area contributed by atoms with Crippen LogP contribution in [0, 0.1) is 0 Å². The van der Waals surface area contributed by atoms with E-state index in [-0.39, 0.29) is 11.6 Å². The lowest BCUT2D eigenvalue weighted by Gasteiger charge is -2.42. The normalized spacial score (nSPS) is 17.5. The van der Waals surface area contributed by atoms with Crippen LogP contribution in [-0.2, 0) is 5.54 Å². The zero-order valence-electron chi connectivity index (χ0n) is 10.1. The molecule has 2 unspecified atom stereocenters. The summed E-state index contributed by atoms with van der Waals surface area (Å²) in [6.07, 6.45) is 0.502. The van der Waals surface area contributed by atoms with Gasteiger partial charge in [-0.05, 0) is 33.0 Å². The van der Waals surface area contributed by atoms with Gasteiger partial charge in [0.2, 0.25) is 0 Å². The van der Waals surface area contributed by atoms with Gasteiger partial charge in [-0.3, -0.25) is 4.90 Å². The minimum atomic E-state index is -0.389. The third-order valence-electron chi connectivity index (χ3n) is 3.30. The van der Waals surface area contributed by atoms with E-state index in [2.05, 4.69) is 24.0 Å². The molecule has 0 bridgehead atoms. The van der Waals surface area contributed by atoms with Gasteiger partial charge < -0.3 is 5.11 Å². The molecule has 0 saturated heterocycles. The van der Waals surface area contributed by atoms with E-state index in [1.807, 2.05) is 39.2 Å². The number of benzene rings is 1. The maximum Gasteiger partial charge on any atom is 0.0737 e. The molecule has 0 aliphatic carbocycles. The maximum absolute atomic E-state index is 10.0. The fraction of sp³-hybridized carbons (Fsp3) is 0.538. The average Bonchev–Trinajstić information content (AvgIpc) is 2.20. The highest BCUT2D eigenvalue weighted by Gasteiger charge is 2.37. The van der Waals surface area contributed by atoms with Crippen molar-refractivity contribution in [2.75, 3.05) is 14.1 Å². The third-order valence-corrected chi connectivity index (χ3v) is 3.30. The van der Waals surface area contributed by atoms with Crippen molar-refractivity contribution in [3.8, 4) is 0 Å². The second kappa shape index (κ2) is 4.77. The molecule has 2 nitrogen and oxygen atoms in total. The average molecular weight is 207 g/mol. The molecule has 0 spiro atoms. The summed E-state index contributed by atoms with van der Waals surface area (Å²) >= 11 is 0. The summed E-state index contributed by atoms with van der Waals surface area (Å²) in [5.74, 6) is 0. The van der Waals surface area contributed by atoms with E-state index < -0.39 is 0 Å². The van der Waals surface area contributed by atoms with Gasteiger partial charge in [-0.25, -0.2) is 0 Å². The Morgan fingerprint density at radius 2 is 1.80 bits per heavy atom. The second-order valence-corrected chi connectivity index (χ2v) is 4.21. The maximum atomic E-state index is 10.0. The van der Waals surface area contributed by atoms with Crippen molar-refractivity contribution in [2.45, 2.75) is 31.9 Å². The number of hydrogen-bond donors (Lipinski definition) is 1. The fourth-order valence-electron chi connectivity index (χ4n) is 2.42. The summed E-state index contributed by atoms with van der Waals surface area (Å²) in [4.78, 5) is 2.10. The van der Waals surface area contributed by atoms with Crippen molar-refractivity contribution in [3.63, 3.8) is 0 Å². The molecule has 0 saturated carbocycles. The Bertz CT molecular complexity index is 285. The molecule has 0 amide bonds. The Labute approximate surface area is 92.5 Å². The first-order valence-electron chi connectivity index (χ1n) is 5.46. The lowest BCUT2D eigenvalue weighted by atomic mass is 9.81. The van der Waals surface area contributed by atoms with Crippen molar-refractivity contribution in [3.05, 3.63) is 35.9 Å². The molecule has 0 aliphatic rings. The summed E-state index contributed by atoms with van der Waals surface area (Å²) in [6, 6.07) is 10.2. The van der Waals surface area contributed by atoms with Crippen LogP contribution in [0.15, 0.2) is 30.3 Å². The van der Waals surface area contributed by atoms with Crippen molar-refractivity contribution in [1.82, 2.24) is 4.90 Å². The summed E-state index contributed by atoms with van der Waals surface area (Å²) < 4.78 is 0. The van der Waals surface area contributed by atoms with E-state index in [0.717, 1.165) is 6.42 Å². The predicted octanol–water partition coefficient (Wildman–Crippen LogP) is 2.23. The van der Waals surface area contributed by atoms with Crippen LogP contribution in [-0.4, -0.2) is 30.2 Å². The first-order chi connectivity index (χ1) is 7.05. The molecular formula is C13H21NO. The van der Waals surface area contributed by atoms with E-state index in [9.17, 15) is 5.11 Å². The quantitative estimate of drug-likeness (QED) is 0.818. The Kier molecular flexibility index (Phi) is 3.89. The topological polar surface area (TPSA) is 23.5 Å². The number of aliphatic hydroxyl groups is 1. The van der Waals surface area contributed by atoms with Crippen molar-refractivity contribution in [1.29, 1.82) is 0 Å². The van der Waals surface area contributed by atoms with Gasteiger partial charge in [0.05, 0.1) is 11.6 Å². The Balaban J connectivity index is 3.22. The van der Waals surface area contributed by atoms with E-state index in [1.165, 1.54) is 5.56 Å². The van der Waals surface area contributed by atoms with Gasteiger partial charge in [-0.2, -0.15) is 0 Å². The molecule has 1 N–H and O–H groups in total. The number of rotatable bonds is 4. The SMILES string of the molecule is CCC(c1ccccc1)(C(C)O)N(C)C. The van der Waals surface area contributed by atoms with Crippen LogP contribution in [0.5, 0.6) is 0 Å². The van der Waals surface area contributed by atoms with Crippen molar-refractivity contribution < 1.29 is 5.11 Å². The summed E-state index contributed by atoms with van der Waals surface area (Å²) in [6.45, 7) is 3.97. The van der Waals surface area contributed by atoms with Gasteiger partial charge in [0, 0.05) is 0 Å². The minimum Gasteiger partial charge on any atom is -0.391 e. The van der Waals surface area contributed by atoms with Gasteiger partial charge in [0.15, 0.2) is 0 Å². The van der Waals surface area contributed by atoms with Crippen LogP contribution < -0.4 is 0 Å². The largest absolute Gasteiger partial charge is 0.391 e. The molecule has 1 aromatic carbocycles. The molecule has 1 aromatic rings. The van der Waals surface area contributed by atoms with Gasteiger partial charge in [0.1, 0.15) is 0 Å². The van der Waals surface area contributed by atoms with Crippen LogP contribution in [0.2, 0.25) is 0 Å². The standard InChI is InChI=1S/C13H21NO/c1-5-13(11(2)15,14(3)4)12-9-7-6-8-10-12/h6-11,15H,5H2,1-4H3. The van der Waals surface area contributed by atoms with Crippen LogP contribution >= 0.6 is 0 Å². The highest BCUT2D eigenvalue weighted by molar-refractivity contribution is 5.25. The van der Waals surface area contributed by atoms with E-state index in [4.69, 9.17) is 0 Å². The molecule has 0 radical (unpaired) electrons. The summed E-state index contributed by atoms with van der Waals surface area (Å²) in [5, 5.41) is 10.0. The van der Waals surface area contributed by atoms with Gasteiger partial charge in [0.25, 0.3) is 0 Å². The van der Waals surface area contributed by atoms with E-state index >= 15 is 0 Å².